The molecule has 0 saturated carbocycles. The van der Waals surface area contributed by atoms with Crippen LogP contribution >= 0.6 is 0 Å². The van der Waals surface area contributed by atoms with Crippen molar-refractivity contribution >= 4 is 11.5 Å². The van der Waals surface area contributed by atoms with E-state index in [9.17, 15) is 4.79 Å². The summed E-state index contributed by atoms with van der Waals surface area (Å²) < 4.78 is 6.81. The summed E-state index contributed by atoms with van der Waals surface area (Å²) in [4.78, 5) is 19.3. The van der Waals surface area contributed by atoms with Gasteiger partial charge < -0.3 is 9.64 Å². The number of anilines is 1. The van der Waals surface area contributed by atoms with Crippen molar-refractivity contribution in [1.82, 2.24) is 9.38 Å². The number of hydrogen-bond acceptors (Lipinski definition) is 4. The second-order valence-electron chi connectivity index (χ2n) is 6.01. The second kappa shape index (κ2) is 6.00. The van der Waals surface area contributed by atoms with Gasteiger partial charge in [-0.05, 0) is 42.7 Å². The Morgan fingerprint density at radius 1 is 1.17 bits per heavy atom. The summed E-state index contributed by atoms with van der Waals surface area (Å²) in [6, 6.07) is 15.6. The topological polar surface area (TPSA) is 46.8 Å². The van der Waals surface area contributed by atoms with Crippen molar-refractivity contribution in [1.29, 1.82) is 0 Å². The van der Waals surface area contributed by atoms with Crippen LogP contribution in [0.3, 0.4) is 0 Å². The molecule has 0 aliphatic carbocycles. The second-order valence-corrected chi connectivity index (χ2v) is 6.01. The van der Waals surface area contributed by atoms with Crippen molar-refractivity contribution in [2.24, 2.45) is 0 Å². The Balaban J connectivity index is 1.73. The molecule has 1 aliphatic rings. The van der Waals surface area contributed by atoms with Gasteiger partial charge in [0, 0.05) is 18.8 Å². The highest BCUT2D eigenvalue weighted by Crippen LogP contribution is 2.35. The Hall–Kier alpha value is -2.82. The van der Waals surface area contributed by atoms with Crippen LogP contribution in [0.5, 0.6) is 5.75 Å². The lowest BCUT2D eigenvalue weighted by atomic mass is 10.0. The predicted molar refractivity (Wildman–Crippen MR) is 93.8 cm³/mol. The average Bonchev–Trinajstić information content (AvgIpc) is 3.11. The fourth-order valence-corrected chi connectivity index (χ4v) is 3.40. The van der Waals surface area contributed by atoms with E-state index < -0.39 is 0 Å². The van der Waals surface area contributed by atoms with Crippen LogP contribution in [0.4, 0.5) is 5.82 Å². The minimum absolute atomic E-state index is 0.0454. The Morgan fingerprint density at radius 3 is 2.79 bits per heavy atom. The van der Waals surface area contributed by atoms with Crippen molar-refractivity contribution in [2.45, 2.75) is 18.9 Å². The first-order valence-electron chi connectivity index (χ1n) is 8.15. The number of nitrogens with zero attached hydrogens (tertiary/aromatic N) is 3. The lowest BCUT2D eigenvalue weighted by molar-refractivity contribution is 0.414. The predicted octanol–water partition coefficient (Wildman–Crippen LogP) is 3.04. The van der Waals surface area contributed by atoms with E-state index in [4.69, 9.17) is 9.72 Å². The van der Waals surface area contributed by atoms with Gasteiger partial charge >= 0.3 is 0 Å². The van der Waals surface area contributed by atoms with Gasteiger partial charge in [0.1, 0.15) is 17.2 Å². The highest BCUT2D eigenvalue weighted by molar-refractivity contribution is 5.50. The smallest absolute Gasteiger partial charge is 0.259 e. The first-order chi connectivity index (χ1) is 11.8. The van der Waals surface area contributed by atoms with Crippen LogP contribution < -0.4 is 15.2 Å². The molecule has 4 rings (SSSR count). The van der Waals surface area contributed by atoms with Gasteiger partial charge in [0.05, 0.1) is 13.2 Å². The molecule has 5 heteroatoms. The molecule has 1 aromatic carbocycles. The van der Waals surface area contributed by atoms with Gasteiger partial charge in [-0.2, -0.15) is 0 Å². The van der Waals surface area contributed by atoms with E-state index in [1.165, 1.54) is 5.56 Å². The van der Waals surface area contributed by atoms with Crippen molar-refractivity contribution in [3.05, 3.63) is 70.6 Å². The normalized spacial score (nSPS) is 17.4. The molecule has 2 aromatic heterocycles. The fraction of sp³-hybridized carbons (Fsp3) is 0.263. The molecule has 0 spiro atoms. The Bertz CT molecular complexity index is 918. The number of fused-ring (bicyclic) bond motifs is 1. The number of aromatic nitrogens is 2. The molecule has 3 heterocycles. The monoisotopic (exact) mass is 321 g/mol. The summed E-state index contributed by atoms with van der Waals surface area (Å²) in [6.07, 6.45) is 3.90. The molecule has 5 nitrogen and oxygen atoms in total. The Morgan fingerprint density at radius 2 is 2.00 bits per heavy atom. The zero-order valence-corrected chi connectivity index (χ0v) is 13.6. The van der Waals surface area contributed by atoms with Crippen LogP contribution in [0.25, 0.3) is 5.65 Å². The molecule has 0 N–H and O–H groups in total. The highest BCUT2D eigenvalue weighted by Gasteiger charge is 2.27. The van der Waals surface area contributed by atoms with E-state index in [0.717, 1.165) is 31.0 Å². The van der Waals surface area contributed by atoms with Crippen LogP contribution in [-0.4, -0.2) is 23.0 Å². The number of methoxy groups -OCH3 is 1. The minimum Gasteiger partial charge on any atom is -0.497 e. The molecule has 1 unspecified atom stereocenters. The molecule has 1 fully saturated rings. The number of benzene rings is 1. The molecule has 0 radical (unpaired) electrons. The minimum atomic E-state index is -0.0454. The molecule has 1 atom stereocenters. The van der Waals surface area contributed by atoms with E-state index in [2.05, 4.69) is 17.0 Å². The maximum Gasteiger partial charge on any atom is 0.259 e. The van der Waals surface area contributed by atoms with E-state index in [-0.39, 0.29) is 11.6 Å². The molecule has 1 aliphatic heterocycles. The van der Waals surface area contributed by atoms with E-state index in [1.807, 2.05) is 30.3 Å². The number of hydrogen-bond donors (Lipinski definition) is 0. The zero-order chi connectivity index (χ0) is 16.5. The molecule has 0 amide bonds. The maximum absolute atomic E-state index is 12.4. The third-order valence-corrected chi connectivity index (χ3v) is 4.61. The SMILES string of the molecule is COc1ccc(C2CCCN2c2cc(=O)n3ccccc3n2)cc1. The van der Waals surface area contributed by atoms with Crippen LogP contribution in [0.2, 0.25) is 0 Å². The fourth-order valence-electron chi connectivity index (χ4n) is 3.40. The van der Waals surface area contributed by atoms with Crippen LogP contribution in [0, 0.1) is 0 Å². The summed E-state index contributed by atoms with van der Waals surface area (Å²) >= 11 is 0. The lowest BCUT2D eigenvalue weighted by Crippen LogP contribution is -2.26. The van der Waals surface area contributed by atoms with E-state index in [1.54, 1.807) is 23.8 Å². The number of ether oxygens (including phenoxy) is 1. The van der Waals surface area contributed by atoms with E-state index in [0.29, 0.717) is 5.65 Å². The summed E-state index contributed by atoms with van der Waals surface area (Å²) in [5, 5.41) is 0. The van der Waals surface area contributed by atoms with Crippen molar-refractivity contribution in [3.8, 4) is 5.75 Å². The molecule has 122 valence electrons. The average molecular weight is 321 g/mol. The van der Waals surface area contributed by atoms with Crippen LogP contribution in [0.1, 0.15) is 24.4 Å². The molecular formula is C19H19N3O2. The van der Waals surface area contributed by atoms with Crippen molar-refractivity contribution in [2.75, 3.05) is 18.6 Å². The number of pyridine rings is 1. The quantitative estimate of drug-likeness (QED) is 0.744. The van der Waals surface area contributed by atoms with Gasteiger partial charge in [-0.25, -0.2) is 4.98 Å². The highest BCUT2D eigenvalue weighted by atomic mass is 16.5. The van der Waals surface area contributed by atoms with Crippen LogP contribution in [-0.2, 0) is 0 Å². The van der Waals surface area contributed by atoms with Gasteiger partial charge in [-0.15, -0.1) is 0 Å². The molecule has 0 bridgehead atoms. The first kappa shape index (κ1) is 14.8. The molecule has 3 aromatic rings. The van der Waals surface area contributed by atoms with Gasteiger partial charge in [-0.3, -0.25) is 9.20 Å². The third kappa shape index (κ3) is 2.52. The van der Waals surface area contributed by atoms with Gasteiger partial charge in [0.25, 0.3) is 5.56 Å². The summed E-state index contributed by atoms with van der Waals surface area (Å²) in [5.74, 6) is 1.61. The Labute approximate surface area is 140 Å². The summed E-state index contributed by atoms with van der Waals surface area (Å²) in [5.41, 5.74) is 1.86. The third-order valence-electron chi connectivity index (χ3n) is 4.61. The lowest BCUT2D eigenvalue weighted by Gasteiger charge is -2.26. The zero-order valence-electron chi connectivity index (χ0n) is 13.6. The van der Waals surface area contributed by atoms with Gasteiger partial charge in [-0.1, -0.05) is 18.2 Å². The standard InChI is InChI=1S/C19H19N3O2/c1-24-15-9-7-14(8-10-15)16-5-4-12-21(16)18-13-19(23)22-11-3-2-6-17(22)20-18/h2-3,6-11,13,16H,4-5,12H2,1H3. The van der Waals surface area contributed by atoms with Crippen molar-refractivity contribution in [3.63, 3.8) is 0 Å². The van der Waals surface area contributed by atoms with E-state index >= 15 is 0 Å². The van der Waals surface area contributed by atoms with Gasteiger partial charge in [0.2, 0.25) is 0 Å². The largest absolute Gasteiger partial charge is 0.497 e. The van der Waals surface area contributed by atoms with Gasteiger partial charge in [0.15, 0.2) is 0 Å². The summed E-state index contributed by atoms with van der Waals surface area (Å²) in [7, 11) is 1.67. The Kier molecular flexibility index (Phi) is 3.69. The first-order valence-corrected chi connectivity index (χ1v) is 8.15. The van der Waals surface area contributed by atoms with Crippen molar-refractivity contribution < 1.29 is 4.74 Å². The summed E-state index contributed by atoms with van der Waals surface area (Å²) in [6.45, 7) is 0.909. The maximum atomic E-state index is 12.4. The molecule has 24 heavy (non-hydrogen) atoms. The van der Waals surface area contributed by atoms with Crippen LogP contribution in [0.15, 0.2) is 59.5 Å². The molecule has 1 saturated heterocycles. The number of rotatable bonds is 3. The molecular weight excluding hydrogens is 302 g/mol.